The Balaban J connectivity index is 1.73. The van der Waals surface area contributed by atoms with Crippen molar-refractivity contribution in [2.24, 2.45) is 0 Å². The molecule has 22 heavy (non-hydrogen) atoms. The van der Waals surface area contributed by atoms with Gasteiger partial charge in [0.2, 0.25) is 6.29 Å². The molecular weight excluding hydrogens is 278 g/mol. The molecule has 0 bridgehead atoms. The van der Waals surface area contributed by atoms with Crippen LogP contribution in [-0.4, -0.2) is 16.2 Å². The molecule has 116 valence electrons. The van der Waals surface area contributed by atoms with Crippen molar-refractivity contribution in [1.29, 1.82) is 0 Å². The van der Waals surface area contributed by atoms with Gasteiger partial charge in [-0.1, -0.05) is 18.2 Å². The van der Waals surface area contributed by atoms with Crippen molar-refractivity contribution >= 4 is 0 Å². The summed E-state index contributed by atoms with van der Waals surface area (Å²) in [6.45, 7) is 8.11. The summed E-state index contributed by atoms with van der Waals surface area (Å²) in [5, 5.41) is 0. The lowest BCUT2D eigenvalue weighted by Crippen LogP contribution is -2.41. The molecular formula is C18H21NO3. The van der Waals surface area contributed by atoms with Crippen LogP contribution in [0.4, 0.5) is 0 Å². The van der Waals surface area contributed by atoms with Crippen molar-refractivity contribution in [2.75, 3.05) is 0 Å². The summed E-state index contributed by atoms with van der Waals surface area (Å²) in [5.41, 5.74) is 0.0240. The Morgan fingerprint density at radius 2 is 1.50 bits per heavy atom. The van der Waals surface area contributed by atoms with Crippen LogP contribution in [0.1, 0.15) is 39.7 Å². The monoisotopic (exact) mass is 299 g/mol. The van der Waals surface area contributed by atoms with Crippen molar-refractivity contribution in [1.82, 2.24) is 4.98 Å². The molecule has 2 aromatic rings. The Hall–Kier alpha value is -1.91. The first-order chi connectivity index (χ1) is 10.4. The van der Waals surface area contributed by atoms with E-state index in [0.717, 1.165) is 11.4 Å². The molecule has 0 aliphatic carbocycles. The fourth-order valence-corrected chi connectivity index (χ4v) is 2.18. The van der Waals surface area contributed by atoms with E-state index in [2.05, 4.69) is 4.98 Å². The SMILES string of the molecule is CC1(C)OC(c2ccc(Oc3ccccc3)cn2)OC1(C)C. The normalized spacial score (nSPS) is 20.0. The van der Waals surface area contributed by atoms with Crippen LogP contribution in [0.3, 0.4) is 0 Å². The van der Waals surface area contributed by atoms with Crippen molar-refractivity contribution in [3.05, 3.63) is 54.4 Å². The largest absolute Gasteiger partial charge is 0.456 e. The molecule has 1 aromatic carbocycles. The first-order valence-electron chi connectivity index (χ1n) is 7.42. The minimum Gasteiger partial charge on any atom is -0.456 e. The van der Waals surface area contributed by atoms with Gasteiger partial charge in [0.15, 0.2) is 0 Å². The summed E-state index contributed by atoms with van der Waals surface area (Å²) in [5.74, 6) is 1.47. The minimum atomic E-state index is -0.448. The molecule has 1 aliphatic heterocycles. The second-order valence-electron chi connectivity index (χ2n) is 6.42. The predicted molar refractivity (Wildman–Crippen MR) is 83.8 cm³/mol. The van der Waals surface area contributed by atoms with Crippen LogP contribution in [0.2, 0.25) is 0 Å². The van der Waals surface area contributed by atoms with E-state index in [1.54, 1.807) is 6.20 Å². The second-order valence-corrected chi connectivity index (χ2v) is 6.42. The van der Waals surface area contributed by atoms with Gasteiger partial charge in [-0.05, 0) is 52.0 Å². The van der Waals surface area contributed by atoms with Gasteiger partial charge < -0.3 is 14.2 Å². The number of benzene rings is 1. The van der Waals surface area contributed by atoms with Gasteiger partial charge in [0, 0.05) is 0 Å². The number of rotatable bonds is 3. The van der Waals surface area contributed by atoms with Gasteiger partial charge in [0.25, 0.3) is 0 Å². The lowest BCUT2D eigenvalue weighted by Gasteiger charge is -2.30. The summed E-state index contributed by atoms with van der Waals surface area (Å²) < 4.78 is 17.7. The molecule has 1 aromatic heterocycles. The summed E-state index contributed by atoms with van der Waals surface area (Å²) in [4.78, 5) is 4.41. The van der Waals surface area contributed by atoms with E-state index in [1.807, 2.05) is 70.2 Å². The molecule has 0 atom stereocenters. The minimum absolute atomic E-state index is 0.363. The molecule has 4 heteroatoms. The summed E-state index contributed by atoms with van der Waals surface area (Å²) in [7, 11) is 0. The number of nitrogens with zero attached hydrogens (tertiary/aromatic N) is 1. The van der Waals surface area contributed by atoms with E-state index in [4.69, 9.17) is 14.2 Å². The zero-order chi connectivity index (χ0) is 15.8. The summed E-state index contributed by atoms with van der Waals surface area (Å²) in [6, 6.07) is 13.4. The Labute approximate surface area is 131 Å². The van der Waals surface area contributed by atoms with Gasteiger partial charge in [-0.2, -0.15) is 0 Å². The number of para-hydroxylation sites is 1. The van der Waals surface area contributed by atoms with Gasteiger partial charge in [0.1, 0.15) is 11.5 Å². The predicted octanol–water partition coefficient (Wildman–Crippen LogP) is 4.48. The molecule has 3 rings (SSSR count). The van der Waals surface area contributed by atoms with E-state index in [1.165, 1.54) is 0 Å². The number of hydrogen-bond acceptors (Lipinski definition) is 4. The average molecular weight is 299 g/mol. The number of ether oxygens (including phenoxy) is 3. The molecule has 1 aliphatic rings. The Morgan fingerprint density at radius 1 is 0.864 bits per heavy atom. The zero-order valence-corrected chi connectivity index (χ0v) is 13.4. The standard InChI is InChI=1S/C18H21NO3/c1-17(2)18(3,4)22-16(21-17)15-11-10-14(12-19-15)20-13-8-6-5-7-9-13/h5-12,16H,1-4H3. The molecule has 0 saturated carbocycles. The van der Waals surface area contributed by atoms with Gasteiger partial charge >= 0.3 is 0 Å². The third kappa shape index (κ3) is 2.85. The number of hydrogen-bond donors (Lipinski definition) is 0. The highest BCUT2D eigenvalue weighted by molar-refractivity contribution is 5.29. The Morgan fingerprint density at radius 3 is 2.05 bits per heavy atom. The van der Waals surface area contributed by atoms with Crippen LogP contribution < -0.4 is 4.74 Å². The first-order valence-corrected chi connectivity index (χ1v) is 7.42. The average Bonchev–Trinajstić information content (AvgIpc) is 2.69. The smallest absolute Gasteiger partial charge is 0.202 e. The van der Waals surface area contributed by atoms with Gasteiger partial charge in [0.05, 0.1) is 23.1 Å². The van der Waals surface area contributed by atoms with Crippen molar-refractivity contribution in [3.8, 4) is 11.5 Å². The van der Waals surface area contributed by atoms with Crippen molar-refractivity contribution in [3.63, 3.8) is 0 Å². The van der Waals surface area contributed by atoms with Crippen LogP contribution in [0.25, 0.3) is 0 Å². The third-order valence-electron chi connectivity index (χ3n) is 4.23. The van der Waals surface area contributed by atoms with Crippen LogP contribution in [0, 0.1) is 0 Å². The van der Waals surface area contributed by atoms with E-state index < -0.39 is 6.29 Å². The van der Waals surface area contributed by atoms with Crippen LogP contribution >= 0.6 is 0 Å². The topological polar surface area (TPSA) is 40.6 Å². The fourth-order valence-electron chi connectivity index (χ4n) is 2.18. The maximum Gasteiger partial charge on any atom is 0.202 e. The molecule has 0 unspecified atom stereocenters. The summed E-state index contributed by atoms with van der Waals surface area (Å²) in [6.07, 6.45) is 1.24. The molecule has 1 fully saturated rings. The van der Waals surface area contributed by atoms with E-state index in [9.17, 15) is 0 Å². The molecule has 4 nitrogen and oxygen atoms in total. The van der Waals surface area contributed by atoms with Gasteiger partial charge in [-0.25, -0.2) is 0 Å². The first kappa shape index (κ1) is 15.0. The quantitative estimate of drug-likeness (QED) is 0.838. The Bertz CT molecular complexity index is 619. The van der Waals surface area contributed by atoms with Crippen LogP contribution in [-0.2, 0) is 9.47 Å². The highest BCUT2D eigenvalue weighted by atomic mass is 16.7. The molecule has 0 amide bonds. The van der Waals surface area contributed by atoms with E-state index in [-0.39, 0.29) is 11.2 Å². The second kappa shape index (κ2) is 5.38. The van der Waals surface area contributed by atoms with Crippen LogP contribution in [0.5, 0.6) is 11.5 Å². The molecule has 0 spiro atoms. The van der Waals surface area contributed by atoms with E-state index >= 15 is 0 Å². The molecule has 0 radical (unpaired) electrons. The van der Waals surface area contributed by atoms with Crippen molar-refractivity contribution in [2.45, 2.75) is 45.2 Å². The lowest BCUT2D eigenvalue weighted by atomic mass is 9.90. The molecule has 2 heterocycles. The fraction of sp³-hybridized carbons (Fsp3) is 0.389. The van der Waals surface area contributed by atoms with Crippen molar-refractivity contribution < 1.29 is 14.2 Å². The van der Waals surface area contributed by atoms with Gasteiger partial charge in [-0.3, -0.25) is 4.98 Å². The maximum atomic E-state index is 5.98. The highest BCUT2D eigenvalue weighted by Crippen LogP contribution is 2.44. The van der Waals surface area contributed by atoms with Crippen LogP contribution in [0.15, 0.2) is 48.7 Å². The molecule has 1 saturated heterocycles. The number of aromatic nitrogens is 1. The van der Waals surface area contributed by atoms with E-state index in [0.29, 0.717) is 5.75 Å². The highest BCUT2D eigenvalue weighted by Gasteiger charge is 2.49. The van der Waals surface area contributed by atoms with Gasteiger partial charge in [-0.15, -0.1) is 0 Å². The number of pyridine rings is 1. The molecule has 0 N–H and O–H groups in total. The third-order valence-corrected chi connectivity index (χ3v) is 4.23. The maximum absolute atomic E-state index is 5.98. The summed E-state index contributed by atoms with van der Waals surface area (Å²) >= 11 is 0. The lowest BCUT2D eigenvalue weighted by molar-refractivity contribution is -0.0923. The zero-order valence-electron chi connectivity index (χ0n) is 13.4. The Kier molecular flexibility index (Phi) is 3.67.